The van der Waals surface area contributed by atoms with E-state index in [1.54, 1.807) is 4.90 Å². The molecule has 2 aliphatic heterocycles. The van der Waals surface area contributed by atoms with Crippen molar-refractivity contribution in [1.82, 2.24) is 10.2 Å². The standard InChI is InChI=1S/C12H17N3O2/c1-11-5-14-6-12(2,10(11)17)8-15(7-11)9(16)3-4-13/h14H,3,5-8H2,1-2H3/t11-,12+. The van der Waals surface area contributed by atoms with Gasteiger partial charge in [0.2, 0.25) is 5.91 Å². The molecule has 2 saturated heterocycles. The third-order valence-corrected chi connectivity index (χ3v) is 3.79. The van der Waals surface area contributed by atoms with Gasteiger partial charge in [0.25, 0.3) is 0 Å². The number of carbonyl (C=O) groups excluding carboxylic acids is 2. The summed E-state index contributed by atoms with van der Waals surface area (Å²) < 4.78 is 0. The van der Waals surface area contributed by atoms with Gasteiger partial charge >= 0.3 is 0 Å². The second-order valence-corrected chi connectivity index (χ2v) is 5.64. The lowest BCUT2D eigenvalue weighted by molar-refractivity contribution is -0.155. The molecule has 0 unspecified atom stereocenters. The van der Waals surface area contributed by atoms with Crippen molar-refractivity contribution in [2.24, 2.45) is 10.8 Å². The zero-order valence-electron chi connectivity index (χ0n) is 10.2. The highest BCUT2D eigenvalue weighted by atomic mass is 16.2. The summed E-state index contributed by atoms with van der Waals surface area (Å²) in [5, 5.41) is 11.8. The first-order chi connectivity index (χ1) is 7.91. The number of Topliss-reactive ketones (excluding diaryl/α,β-unsaturated/α-hetero) is 1. The number of hydrogen-bond donors (Lipinski definition) is 1. The van der Waals surface area contributed by atoms with Crippen molar-refractivity contribution >= 4 is 11.7 Å². The molecule has 5 heteroatoms. The Kier molecular flexibility index (Phi) is 2.70. The number of fused-ring (bicyclic) bond motifs is 2. The highest BCUT2D eigenvalue weighted by Gasteiger charge is 2.54. The van der Waals surface area contributed by atoms with E-state index in [4.69, 9.17) is 5.26 Å². The molecule has 5 nitrogen and oxygen atoms in total. The maximum Gasteiger partial charge on any atom is 0.236 e. The molecule has 0 aromatic carbocycles. The predicted octanol–water partition coefficient (Wildman–Crippen LogP) is -0.0728. The minimum atomic E-state index is -0.504. The molecule has 2 fully saturated rings. The van der Waals surface area contributed by atoms with Crippen LogP contribution < -0.4 is 5.32 Å². The number of carbonyl (C=O) groups is 2. The molecule has 2 aliphatic rings. The van der Waals surface area contributed by atoms with Crippen molar-refractivity contribution in [2.45, 2.75) is 20.3 Å². The number of rotatable bonds is 1. The van der Waals surface area contributed by atoms with Gasteiger partial charge in [-0.3, -0.25) is 9.59 Å². The Morgan fingerprint density at radius 1 is 1.41 bits per heavy atom. The van der Waals surface area contributed by atoms with E-state index in [-0.39, 0.29) is 18.1 Å². The summed E-state index contributed by atoms with van der Waals surface area (Å²) in [6.07, 6.45) is -0.103. The van der Waals surface area contributed by atoms with Gasteiger partial charge < -0.3 is 10.2 Å². The van der Waals surface area contributed by atoms with Crippen molar-refractivity contribution in [2.75, 3.05) is 26.2 Å². The van der Waals surface area contributed by atoms with E-state index in [1.807, 2.05) is 19.9 Å². The number of piperidine rings is 2. The van der Waals surface area contributed by atoms with E-state index in [0.29, 0.717) is 26.2 Å². The Bertz CT molecular complexity index is 392. The van der Waals surface area contributed by atoms with Crippen molar-refractivity contribution in [1.29, 1.82) is 5.26 Å². The van der Waals surface area contributed by atoms with Crippen LogP contribution >= 0.6 is 0 Å². The zero-order valence-corrected chi connectivity index (χ0v) is 10.2. The Labute approximate surface area is 101 Å². The third kappa shape index (κ3) is 1.83. The molecule has 1 N–H and O–H groups in total. The van der Waals surface area contributed by atoms with Crippen molar-refractivity contribution < 1.29 is 9.59 Å². The summed E-state index contributed by atoms with van der Waals surface area (Å²) in [5.41, 5.74) is -1.01. The van der Waals surface area contributed by atoms with Crippen LogP contribution in [-0.2, 0) is 9.59 Å². The van der Waals surface area contributed by atoms with E-state index >= 15 is 0 Å². The second kappa shape index (κ2) is 3.81. The first-order valence-electron chi connectivity index (χ1n) is 5.82. The van der Waals surface area contributed by atoms with E-state index in [9.17, 15) is 9.59 Å². The molecule has 17 heavy (non-hydrogen) atoms. The fraction of sp³-hybridized carbons (Fsp3) is 0.750. The number of likely N-dealkylation sites (tertiary alicyclic amines) is 1. The summed E-state index contributed by atoms with van der Waals surface area (Å²) in [7, 11) is 0. The molecule has 2 rings (SSSR count). The first-order valence-corrected chi connectivity index (χ1v) is 5.82. The fourth-order valence-electron chi connectivity index (χ4n) is 3.01. The van der Waals surface area contributed by atoms with Gasteiger partial charge in [-0.25, -0.2) is 0 Å². The van der Waals surface area contributed by atoms with Crippen LogP contribution in [-0.4, -0.2) is 42.8 Å². The minimum Gasteiger partial charge on any atom is -0.340 e. The number of nitrogens with zero attached hydrogens (tertiary/aromatic N) is 2. The molecule has 2 bridgehead atoms. The number of nitriles is 1. The number of hydrogen-bond acceptors (Lipinski definition) is 4. The second-order valence-electron chi connectivity index (χ2n) is 5.64. The lowest BCUT2D eigenvalue weighted by atomic mass is 9.65. The number of ketones is 1. The summed E-state index contributed by atoms with van der Waals surface area (Å²) in [6.45, 7) is 5.86. The molecule has 2 atom stereocenters. The van der Waals surface area contributed by atoms with Crippen molar-refractivity contribution in [3.63, 3.8) is 0 Å². The first kappa shape index (κ1) is 12.1. The smallest absolute Gasteiger partial charge is 0.236 e. The maximum absolute atomic E-state index is 12.3. The molecule has 0 aliphatic carbocycles. The Morgan fingerprint density at radius 2 is 1.94 bits per heavy atom. The average Bonchev–Trinajstić information content (AvgIpc) is 2.23. The Hall–Kier alpha value is -1.41. The SMILES string of the molecule is C[C@]12CNC[C@](C)(CN(C(=O)CC#N)C1)C2=O. The lowest BCUT2D eigenvalue weighted by Crippen LogP contribution is -2.68. The van der Waals surface area contributed by atoms with Crippen LogP contribution in [0.3, 0.4) is 0 Å². The topological polar surface area (TPSA) is 73.2 Å². The van der Waals surface area contributed by atoms with E-state index in [1.165, 1.54) is 0 Å². The minimum absolute atomic E-state index is 0.103. The van der Waals surface area contributed by atoms with Gasteiger partial charge in [-0.05, 0) is 13.8 Å². The number of amides is 1. The third-order valence-electron chi connectivity index (χ3n) is 3.79. The average molecular weight is 235 g/mol. The summed E-state index contributed by atoms with van der Waals surface area (Å²) >= 11 is 0. The van der Waals surface area contributed by atoms with Crippen LogP contribution in [0.1, 0.15) is 20.3 Å². The monoisotopic (exact) mass is 235 g/mol. The molecule has 0 saturated carbocycles. The highest BCUT2D eigenvalue weighted by Crippen LogP contribution is 2.39. The van der Waals surface area contributed by atoms with Gasteiger partial charge in [-0.2, -0.15) is 5.26 Å². The van der Waals surface area contributed by atoms with Gasteiger partial charge in [-0.1, -0.05) is 0 Å². The van der Waals surface area contributed by atoms with Crippen LogP contribution in [0.5, 0.6) is 0 Å². The van der Waals surface area contributed by atoms with Gasteiger partial charge in [0.05, 0.1) is 16.9 Å². The van der Waals surface area contributed by atoms with Crippen LogP contribution in [0, 0.1) is 22.2 Å². The van der Waals surface area contributed by atoms with Crippen molar-refractivity contribution in [3.8, 4) is 6.07 Å². The van der Waals surface area contributed by atoms with Crippen LogP contribution in [0.15, 0.2) is 0 Å². The van der Waals surface area contributed by atoms with Gasteiger partial charge in [-0.15, -0.1) is 0 Å². The molecule has 1 amide bonds. The molecule has 0 aromatic rings. The molecule has 0 spiro atoms. The Morgan fingerprint density at radius 3 is 2.41 bits per heavy atom. The summed E-state index contributed by atoms with van der Waals surface area (Å²) in [6, 6.07) is 1.87. The molecule has 0 radical (unpaired) electrons. The highest BCUT2D eigenvalue weighted by molar-refractivity contribution is 5.94. The van der Waals surface area contributed by atoms with Crippen molar-refractivity contribution in [3.05, 3.63) is 0 Å². The van der Waals surface area contributed by atoms with E-state index in [0.717, 1.165) is 0 Å². The quantitative estimate of drug-likeness (QED) is 0.690. The summed E-state index contributed by atoms with van der Waals surface area (Å²) in [4.78, 5) is 25.8. The van der Waals surface area contributed by atoms with Crippen LogP contribution in [0.2, 0.25) is 0 Å². The fourth-order valence-corrected chi connectivity index (χ4v) is 3.01. The van der Waals surface area contributed by atoms with E-state index < -0.39 is 10.8 Å². The molecular weight excluding hydrogens is 218 g/mol. The normalized spacial score (nSPS) is 36.5. The Balaban J connectivity index is 2.25. The maximum atomic E-state index is 12.3. The number of nitrogens with one attached hydrogen (secondary N) is 1. The van der Waals surface area contributed by atoms with Gasteiger partial charge in [0.1, 0.15) is 6.42 Å². The lowest BCUT2D eigenvalue weighted by Gasteiger charge is -2.51. The molecule has 2 heterocycles. The van der Waals surface area contributed by atoms with Gasteiger partial charge in [0, 0.05) is 26.2 Å². The molecule has 0 aromatic heterocycles. The van der Waals surface area contributed by atoms with Crippen LogP contribution in [0.4, 0.5) is 0 Å². The van der Waals surface area contributed by atoms with E-state index in [2.05, 4.69) is 5.32 Å². The summed E-state index contributed by atoms with van der Waals surface area (Å²) in [5.74, 6) is 0.0732. The zero-order chi connectivity index (χ0) is 12.7. The molecule has 92 valence electrons. The largest absolute Gasteiger partial charge is 0.340 e. The van der Waals surface area contributed by atoms with Gasteiger partial charge in [0.15, 0.2) is 5.78 Å². The van der Waals surface area contributed by atoms with Crippen LogP contribution in [0.25, 0.3) is 0 Å². The predicted molar refractivity (Wildman–Crippen MR) is 60.9 cm³/mol. The molecular formula is C12H17N3O2.